The van der Waals surface area contributed by atoms with Crippen LogP contribution in [0.25, 0.3) is 0 Å². The molecule has 0 heterocycles. The van der Waals surface area contributed by atoms with Crippen molar-refractivity contribution in [1.29, 1.82) is 0 Å². The van der Waals surface area contributed by atoms with Gasteiger partial charge < -0.3 is 0 Å². The molecule has 4 aliphatic rings. The van der Waals surface area contributed by atoms with Crippen molar-refractivity contribution in [3.8, 4) is 0 Å². The number of fused-ring (bicyclic) bond motifs is 5. The van der Waals surface area contributed by atoms with Crippen LogP contribution in [0.2, 0.25) is 0 Å². The third-order valence-electron chi connectivity index (χ3n) is 7.86. The van der Waals surface area contributed by atoms with Gasteiger partial charge in [0.25, 0.3) is 0 Å². The topological polar surface area (TPSA) is 34.1 Å². The summed E-state index contributed by atoms with van der Waals surface area (Å²) in [5.74, 6) is 2.45. The minimum absolute atomic E-state index is 0.148. The molecule has 0 aromatic heterocycles. The van der Waals surface area contributed by atoms with Crippen LogP contribution in [0.4, 0.5) is 0 Å². The van der Waals surface area contributed by atoms with Crippen molar-refractivity contribution >= 4 is 11.6 Å². The molecule has 4 aliphatic carbocycles. The molecule has 2 saturated carbocycles. The van der Waals surface area contributed by atoms with E-state index in [4.69, 9.17) is 0 Å². The Balaban J connectivity index is 1.73. The fourth-order valence-electron chi connectivity index (χ4n) is 6.78. The lowest BCUT2D eigenvalue weighted by Crippen LogP contribution is -2.56. The summed E-state index contributed by atoms with van der Waals surface area (Å²) in [6.07, 6.45) is 13.0. The summed E-state index contributed by atoms with van der Waals surface area (Å²) < 4.78 is 0. The number of allylic oxidation sites excluding steroid dienone is 4. The maximum absolute atomic E-state index is 13.2. The Morgan fingerprint density at radius 2 is 1.96 bits per heavy atom. The molecule has 0 amide bonds. The summed E-state index contributed by atoms with van der Waals surface area (Å²) in [6.45, 7) is 6.22. The van der Waals surface area contributed by atoms with Gasteiger partial charge in [-0.05, 0) is 67.8 Å². The quantitative estimate of drug-likeness (QED) is 0.668. The highest BCUT2D eigenvalue weighted by Crippen LogP contribution is 2.64. The van der Waals surface area contributed by atoms with Gasteiger partial charge in [0.2, 0.25) is 0 Å². The van der Waals surface area contributed by atoms with Gasteiger partial charge in [-0.3, -0.25) is 9.59 Å². The molecule has 0 aromatic rings. The van der Waals surface area contributed by atoms with E-state index in [1.165, 1.54) is 12.8 Å². The molecule has 0 bridgehead atoms. The predicted octanol–water partition coefficient (Wildman–Crippen LogP) is 4.50. The highest BCUT2D eigenvalue weighted by Gasteiger charge is 2.61. The molecular weight excluding hydrogens is 284 g/mol. The van der Waals surface area contributed by atoms with Gasteiger partial charge in [-0.15, -0.1) is 0 Å². The number of Topliss-reactive ketones (excluding diaryl/α,β-unsaturated/α-hetero) is 2. The SMILES string of the molecule is CC(=O)C1=CC[C@H]2[C@@H]3CCC4CC=CC[C@]4(C)[C@H]3C(=O)C[C@]12C. The smallest absolute Gasteiger partial charge is 0.156 e. The van der Waals surface area contributed by atoms with E-state index < -0.39 is 0 Å². The lowest BCUT2D eigenvalue weighted by molar-refractivity contribution is -0.150. The minimum atomic E-state index is -0.197. The van der Waals surface area contributed by atoms with E-state index in [-0.39, 0.29) is 22.5 Å². The number of rotatable bonds is 1. The lowest BCUT2D eigenvalue weighted by Gasteiger charge is -2.58. The standard InChI is InChI=1S/C21H28O2/c1-13(22)16-9-10-17-15-8-7-14-6-4-5-11-20(14,2)19(15)18(23)12-21(16,17)3/h4-5,9,14-15,17,19H,6-8,10-12H2,1-3H3/t14?,15-,17-,19+,20-,21+/m0/s1. The predicted molar refractivity (Wildman–Crippen MR) is 90.8 cm³/mol. The fraction of sp³-hybridized carbons (Fsp3) is 0.714. The van der Waals surface area contributed by atoms with Gasteiger partial charge in [-0.1, -0.05) is 32.1 Å². The van der Waals surface area contributed by atoms with Crippen molar-refractivity contribution in [3.05, 3.63) is 23.8 Å². The van der Waals surface area contributed by atoms with E-state index in [1.807, 2.05) is 0 Å². The summed E-state index contributed by atoms with van der Waals surface area (Å²) in [5.41, 5.74) is 0.887. The van der Waals surface area contributed by atoms with Crippen LogP contribution in [0.15, 0.2) is 23.8 Å². The summed E-state index contributed by atoms with van der Waals surface area (Å²) in [4.78, 5) is 25.3. The van der Waals surface area contributed by atoms with Crippen LogP contribution in [0, 0.1) is 34.5 Å². The van der Waals surface area contributed by atoms with Crippen LogP contribution in [0.3, 0.4) is 0 Å². The van der Waals surface area contributed by atoms with Gasteiger partial charge in [0.05, 0.1) is 0 Å². The van der Waals surface area contributed by atoms with Crippen LogP contribution in [-0.4, -0.2) is 11.6 Å². The number of carbonyl (C=O) groups excluding carboxylic acids is 2. The first-order valence-corrected chi connectivity index (χ1v) is 9.27. The number of hydrogen-bond donors (Lipinski definition) is 0. The molecule has 2 heteroatoms. The van der Waals surface area contributed by atoms with Gasteiger partial charge in [-0.25, -0.2) is 0 Å². The Kier molecular flexibility index (Phi) is 3.28. The fourth-order valence-corrected chi connectivity index (χ4v) is 6.78. The summed E-state index contributed by atoms with van der Waals surface area (Å²) in [7, 11) is 0. The Bertz CT molecular complexity index is 628. The third kappa shape index (κ3) is 1.93. The second-order valence-corrected chi connectivity index (χ2v) is 8.91. The zero-order chi connectivity index (χ0) is 16.4. The van der Waals surface area contributed by atoms with E-state index in [2.05, 4.69) is 32.1 Å². The third-order valence-corrected chi connectivity index (χ3v) is 7.86. The first-order chi connectivity index (χ1) is 10.9. The second-order valence-electron chi connectivity index (χ2n) is 8.91. The molecule has 0 saturated heterocycles. The van der Waals surface area contributed by atoms with E-state index in [0.717, 1.165) is 24.8 Å². The molecule has 0 aromatic carbocycles. The van der Waals surface area contributed by atoms with Crippen LogP contribution in [0.5, 0.6) is 0 Å². The first-order valence-electron chi connectivity index (χ1n) is 9.27. The summed E-state index contributed by atoms with van der Waals surface area (Å²) in [5, 5.41) is 0. The first kappa shape index (κ1) is 15.4. The molecule has 4 rings (SSSR count). The van der Waals surface area contributed by atoms with Gasteiger partial charge in [0, 0.05) is 17.8 Å². The molecule has 124 valence electrons. The van der Waals surface area contributed by atoms with Crippen molar-refractivity contribution < 1.29 is 9.59 Å². The largest absolute Gasteiger partial charge is 0.299 e. The van der Waals surface area contributed by atoms with Crippen molar-refractivity contribution in [3.63, 3.8) is 0 Å². The van der Waals surface area contributed by atoms with E-state index in [0.29, 0.717) is 30.0 Å². The van der Waals surface area contributed by atoms with Crippen LogP contribution >= 0.6 is 0 Å². The summed E-state index contributed by atoms with van der Waals surface area (Å²) >= 11 is 0. The van der Waals surface area contributed by atoms with Crippen LogP contribution in [-0.2, 0) is 9.59 Å². The van der Waals surface area contributed by atoms with Gasteiger partial charge in [0.15, 0.2) is 5.78 Å². The van der Waals surface area contributed by atoms with Crippen molar-refractivity contribution in [2.75, 3.05) is 0 Å². The molecule has 0 aliphatic heterocycles. The van der Waals surface area contributed by atoms with Crippen molar-refractivity contribution in [2.45, 2.75) is 59.3 Å². The molecule has 23 heavy (non-hydrogen) atoms. The highest BCUT2D eigenvalue weighted by atomic mass is 16.1. The maximum atomic E-state index is 13.2. The molecule has 2 nitrogen and oxygen atoms in total. The Labute approximate surface area is 139 Å². The molecule has 1 unspecified atom stereocenters. The number of ketones is 2. The second kappa shape index (κ2) is 4.91. The molecular formula is C21H28O2. The summed E-state index contributed by atoms with van der Waals surface area (Å²) in [6, 6.07) is 0. The Morgan fingerprint density at radius 3 is 2.70 bits per heavy atom. The van der Waals surface area contributed by atoms with Crippen molar-refractivity contribution in [2.24, 2.45) is 34.5 Å². The Hall–Kier alpha value is -1.18. The van der Waals surface area contributed by atoms with E-state index in [9.17, 15) is 9.59 Å². The van der Waals surface area contributed by atoms with Crippen LogP contribution < -0.4 is 0 Å². The highest BCUT2D eigenvalue weighted by molar-refractivity contribution is 5.97. The van der Waals surface area contributed by atoms with E-state index in [1.54, 1.807) is 6.92 Å². The number of carbonyl (C=O) groups is 2. The van der Waals surface area contributed by atoms with Gasteiger partial charge in [-0.2, -0.15) is 0 Å². The van der Waals surface area contributed by atoms with Gasteiger partial charge >= 0.3 is 0 Å². The zero-order valence-corrected chi connectivity index (χ0v) is 14.6. The number of hydrogen-bond acceptors (Lipinski definition) is 2. The maximum Gasteiger partial charge on any atom is 0.156 e. The van der Waals surface area contributed by atoms with E-state index >= 15 is 0 Å². The molecule has 6 atom stereocenters. The minimum Gasteiger partial charge on any atom is -0.299 e. The average molecular weight is 312 g/mol. The molecule has 2 fully saturated rings. The van der Waals surface area contributed by atoms with Crippen LogP contribution in [0.1, 0.15) is 59.3 Å². The Morgan fingerprint density at radius 1 is 1.17 bits per heavy atom. The lowest BCUT2D eigenvalue weighted by atomic mass is 9.45. The van der Waals surface area contributed by atoms with Gasteiger partial charge in [0.1, 0.15) is 5.78 Å². The zero-order valence-electron chi connectivity index (χ0n) is 14.6. The molecule has 0 radical (unpaired) electrons. The molecule has 0 N–H and O–H groups in total. The molecule has 0 spiro atoms. The average Bonchev–Trinajstić information content (AvgIpc) is 2.82. The van der Waals surface area contributed by atoms with Crippen molar-refractivity contribution in [1.82, 2.24) is 0 Å². The monoisotopic (exact) mass is 312 g/mol. The normalized spacial score (nSPS) is 48.3.